The van der Waals surface area contributed by atoms with Gasteiger partial charge >= 0.3 is 0 Å². The Morgan fingerprint density at radius 3 is 1.45 bits per heavy atom. The average molecular weight is 509 g/mol. The molecule has 7 heteroatoms. The molecule has 0 spiro atoms. The van der Waals surface area contributed by atoms with Crippen molar-refractivity contribution >= 4 is 34.5 Å². The fraction of sp³-hybridized carbons (Fsp3) is 0.500. The minimum Gasteiger partial charge on any atom is -1.00 e. The summed E-state index contributed by atoms with van der Waals surface area (Å²) in [6, 6.07) is 13.7. The van der Waals surface area contributed by atoms with Crippen LogP contribution >= 0.6 is 11.8 Å². The summed E-state index contributed by atoms with van der Waals surface area (Å²) >= 11 is 1.90. The molecule has 172 valence electrons. The lowest BCUT2D eigenvalue weighted by Crippen LogP contribution is -3.00. The summed E-state index contributed by atoms with van der Waals surface area (Å²) in [4.78, 5) is 11.9. The van der Waals surface area contributed by atoms with Gasteiger partial charge in [-0.15, -0.1) is 0 Å². The molecule has 31 heavy (non-hydrogen) atoms. The van der Waals surface area contributed by atoms with Crippen LogP contribution in [0.3, 0.4) is 0 Å². The molecule has 0 atom stereocenters. The molecular weight excluding hydrogens is 470 g/mol. The molecule has 1 aliphatic heterocycles. The zero-order valence-corrected chi connectivity index (χ0v) is 22.3. The highest BCUT2D eigenvalue weighted by molar-refractivity contribution is 7.99. The SMILES string of the molecule is CN(C)CCCN(C)c1ccc2c(c1)Sc1cc(N(C)CCCN(C)C)ccc1[NH2+]2.[Br-]. The van der Waals surface area contributed by atoms with Crippen LogP contribution in [-0.4, -0.2) is 78.3 Å². The standard InChI is InChI=1S/C24H37N5S.BrH/c1-26(2)13-7-15-28(5)19-9-11-21-23(17-19)30-24-18-20(10-12-22(24)25-21)29(6)16-8-14-27(3)4;/h9-12,17-18,25H,7-8,13-16H2,1-6H3;1H. The smallest absolute Gasteiger partial charge is 0.148 e. The summed E-state index contributed by atoms with van der Waals surface area (Å²) in [5.41, 5.74) is 5.25. The number of nitrogens with two attached hydrogens (primary N) is 1. The maximum absolute atomic E-state index is 2.37. The largest absolute Gasteiger partial charge is 1.00 e. The van der Waals surface area contributed by atoms with Crippen molar-refractivity contribution < 1.29 is 22.3 Å². The molecule has 0 unspecified atom stereocenters. The van der Waals surface area contributed by atoms with Gasteiger partial charge in [0.05, 0.1) is 9.79 Å². The van der Waals surface area contributed by atoms with Gasteiger partial charge in [-0.2, -0.15) is 0 Å². The Kier molecular flexibility index (Phi) is 10.2. The summed E-state index contributed by atoms with van der Waals surface area (Å²) in [7, 11) is 12.9. The molecule has 1 heterocycles. The monoisotopic (exact) mass is 507 g/mol. The van der Waals surface area contributed by atoms with E-state index < -0.39 is 0 Å². The van der Waals surface area contributed by atoms with Crippen molar-refractivity contribution in [3.8, 4) is 0 Å². The van der Waals surface area contributed by atoms with Crippen LogP contribution in [0.15, 0.2) is 46.2 Å². The summed E-state index contributed by atoms with van der Waals surface area (Å²) in [6.45, 7) is 4.39. The van der Waals surface area contributed by atoms with Crippen molar-refractivity contribution in [3.63, 3.8) is 0 Å². The van der Waals surface area contributed by atoms with E-state index in [1.54, 1.807) is 0 Å². The van der Waals surface area contributed by atoms with E-state index in [-0.39, 0.29) is 17.0 Å². The first-order valence-electron chi connectivity index (χ1n) is 10.9. The molecule has 0 saturated heterocycles. The highest BCUT2D eigenvalue weighted by Crippen LogP contribution is 2.41. The first-order valence-corrected chi connectivity index (χ1v) is 11.7. The minimum atomic E-state index is 0. The molecule has 0 radical (unpaired) electrons. The fourth-order valence-corrected chi connectivity index (χ4v) is 4.81. The molecule has 3 rings (SSSR count). The molecule has 0 amide bonds. The molecule has 2 aromatic rings. The van der Waals surface area contributed by atoms with Crippen molar-refractivity contribution in [1.82, 2.24) is 9.80 Å². The van der Waals surface area contributed by atoms with Gasteiger partial charge in [-0.25, -0.2) is 0 Å². The molecule has 0 aromatic heterocycles. The van der Waals surface area contributed by atoms with E-state index in [2.05, 4.69) is 104 Å². The van der Waals surface area contributed by atoms with Gasteiger partial charge in [0.25, 0.3) is 0 Å². The lowest BCUT2D eigenvalue weighted by molar-refractivity contribution is -0.485. The van der Waals surface area contributed by atoms with Crippen LogP contribution in [0.25, 0.3) is 0 Å². The van der Waals surface area contributed by atoms with Crippen LogP contribution < -0.4 is 32.1 Å². The van der Waals surface area contributed by atoms with E-state index in [4.69, 9.17) is 0 Å². The average Bonchev–Trinajstić information content (AvgIpc) is 2.70. The Morgan fingerprint density at radius 2 is 1.06 bits per heavy atom. The number of rotatable bonds is 10. The second-order valence-electron chi connectivity index (χ2n) is 8.85. The van der Waals surface area contributed by atoms with Crippen LogP contribution in [0.2, 0.25) is 0 Å². The zero-order valence-electron chi connectivity index (χ0n) is 19.9. The number of anilines is 2. The molecule has 0 bridgehead atoms. The van der Waals surface area contributed by atoms with Gasteiger partial charge in [0, 0.05) is 50.7 Å². The van der Waals surface area contributed by atoms with Crippen LogP contribution in [-0.2, 0) is 0 Å². The third-order valence-electron chi connectivity index (χ3n) is 5.60. The quantitative estimate of drug-likeness (QED) is 0.402. The Hall–Kier alpha value is -1.25. The highest BCUT2D eigenvalue weighted by Gasteiger charge is 2.22. The lowest BCUT2D eigenvalue weighted by Gasteiger charge is -2.24. The predicted octanol–water partition coefficient (Wildman–Crippen LogP) is 0.458. The van der Waals surface area contributed by atoms with Crippen LogP contribution in [0.4, 0.5) is 22.7 Å². The van der Waals surface area contributed by atoms with E-state index in [0.717, 1.165) is 26.2 Å². The van der Waals surface area contributed by atoms with Gasteiger partial charge in [-0.05, 0) is 78.4 Å². The summed E-state index contributed by atoms with van der Waals surface area (Å²) in [6.07, 6.45) is 2.35. The van der Waals surface area contributed by atoms with E-state index in [1.807, 2.05) is 11.8 Å². The third kappa shape index (κ3) is 7.39. The first-order chi connectivity index (χ1) is 14.3. The van der Waals surface area contributed by atoms with Crippen molar-refractivity contribution in [2.24, 2.45) is 0 Å². The van der Waals surface area contributed by atoms with E-state index in [1.165, 1.54) is 45.4 Å². The van der Waals surface area contributed by atoms with Crippen LogP contribution in [0.1, 0.15) is 12.8 Å². The summed E-state index contributed by atoms with van der Waals surface area (Å²) in [5, 5.41) is 2.33. The Labute approximate surface area is 203 Å². The molecule has 0 saturated carbocycles. The van der Waals surface area contributed by atoms with Gasteiger partial charge in [-0.1, -0.05) is 11.8 Å². The van der Waals surface area contributed by atoms with E-state index in [9.17, 15) is 0 Å². The van der Waals surface area contributed by atoms with E-state index in [0.29, 0.717) is 0 Å². The topological polar surface area (TPSA) is 29.6 Å². The molecule has 5 nitrogen and oxygen atoms in total. The third-order valence-corrected chi connectivity index (χ3v) is 6.75. The Balaban J connectivity index is 0.00000341. The second kappa shape index (κ2) is 12.1. The van der Waals surface area contributed by atoms with Crippen molar-refractivity contribution in [3.05, 3.63) is 36.4 Å². The molecular formula is C24H38BrN5S. The minimum absolute atomic E-state index is 0. The second-order valence-corrected chi connectivity index (χ2v) is 9.93. The number of nitrogens with zero attached hydrogens (tertiary/aromatic N) is 4. The molecule has 0 fully saturated rings. The van der Waals surface area contributed by atoms with Crippen molar-refractivity contribution in [2.75, 3.05) is 78.3 Å². The number of quaternary nitrogens is 1. The molecule has 0 aliphatic carbocycles. The molecule has 2 N–H and O–H groups in total. The van der Waals surface area contributed by atoms with Gasteiger partial charge in [-0.3, -0.25) is 5.32 Å². The predicted molar refractivity (Wildman–Crippen MR) is 131 cm³/mol. The van der Waals surface area contributed by atoms with E-state index >= 15 is 0 Å². The summed E-state index contributed by atoms with van der Waals surface area (Å²) in [5.74, 6) is 0. The fourth-order valence-electron chi connectivity index (χ4n) is 3.73. The van der Waals surface area contributed by atoms with Gasteiger partial charge < -0.3 is 36.6 Å². The number of benzene rings is 2. The number of hydrogen-bond acceptors (Lipinski definition) is 5. The van der Waals surface area contributed by atoms with Crippen molar-refractivity contribution in [2.45, 2.75) is 22.6 Å². The van der Waals surface area contributed by atoms with Crippen LogP contribution in [0.5, 0.6) is 0 Å². The zero-order chi connectivity index (χ0) is 21.7. The Bertz CT molecular complexity index is 775. The highest BCUT2D eigenvalue weighted by atomic mass is 79.9. The lowest BCUT2D eigenvalue weighted by atomic mass is 10.2. The number of fused-ring (bicyclic) bond motifs is 2. The maximum atomic E-state index is 2.37. The number of halogens is 1. The van der Waals surface area contributed by atoms with Crippen molar-refractivity contribution in [1.29, 1.82) is 0 Å². The summed E-state index contributed by atoms with van der Waals surface area (Å²) < 4.78 is 0. The normalized spacial score (nSPS) is 12.4. The van der Waals surface area contributed by atoms with Gasteiger partial charge in [0.15, 0.2) is 0 Å². The van der Waals surface area contributed by atoms with Crippen LogP contribution in [0, 0.1) is 0 Å². The maximum Gasteiger partial charge on any atom is 0.148 e. The first kappa shape index (κ1) is 26.0. The molecule has 2 aromatic carbocycles. The molecule has 1 aliphatic rings. The van der Waals surface area contributed by atoms with Gasteiger partial charge in [0.1, 0.15) is 11.4 Å². The number of hydrogen-bond donors (Lipinski definition) is 1. The Morgan fingerprint density at radius 1 is 0.645 bits per heavy atom. The van der Waals surface area contributed by atoms with Gasteiger partial charge in [0.2, 0.25) is 0 Å².